The van der Waals surface area contributed by atoms with E-state index in [1.807, 2.05) is 36.4 Å². The summed E-state index contributed by atoms with van der Waals surface area (Å²) in [5.41, 5.74) is 0.603. The third-order valence-electron chi connectivity index (χ3n) is 3.63. The van der Waals surface area contributed by atoms with Crippen molar-refractivity contribution in [2.24, 2.45) is 0 Å². The van der Waals surface area contributed by atoms with Gasteiger partial charge in [-0.25, -0.2) is 0 Å². The first kappa shape index (κ1) is 14.7. The molecular formula is C18H16NO2P. The van der Waals surface area contributed by atoms with Gasteiger partial charge in [-0.3, -0.25) is 4.98 Å². The molecule has 2 aromatic carbocycles. The van der Waals surface area contributed by atoms with Crippen LogP contribution in [0.15, 0.2) is 85.2 Å². The summed E-state index contributed by atoms with van der Waals surface area (Å²) in [5, 5.41) is 12.1. The zero-order chi connectivity index (χ0) is 15.4. The molecule has 110 valence electrons. The van der Waals surface area contributed by atoms with Gasteiger partial charge in [0.1, 0.15) is 5.85 Å². The number of rotatable bonds is 4. The zero-order valence-electron chi connectivity index (χ0n) is 11.9. The SMILES string of the molecule is O=P(c1ccccc1)(c1ccccc1)[C@H](O)c1ccncc1. The second kappa shape index (κ2) is 6.27. The maximum Gasteiger partial charge on any atom is 0.174 e. The number of aliphatic hydroxyl groups is 1. The number of aromatic nitrogens is 1. The van der Waals surface area contributed by atoms with Crippen molar-refractivity contribution in [3.8, 4) is 0 Å². The van der Waals surface area contributed by atoms with Crippen LogP contribution in [0, 0.1) is 0 Å². The Morgan fingerprint density at radius 3 is 1.68 bits per heavy atom. The summed E-state index contributed by atoms with van der Waals surface area (Å²) >= 11 is 0. The molecule has 4 heteroatoms. The normalized spacial score (nSPS) is 12.8. The van der Waals surface area contributed by atoms with Crippen molar-refractivity contribution in [2.75, 3.05) is 0 Å². The Kier molecular flexibility index (Phi) is 4.19. The van der Waals surface area contributed by atoms with Crippen molar-refractivity contribution < 1.29 is 9.67 Å². The van der Waals surface area contributed by atoms with Gasteiger partial charge in [-0.15, -0.1) is 0 Å². The van der Waals surface area contributed by atoms with Gasteiger partial charge in [0.2, 0.25) is 0 Å². The van der Waals surface area contributed by atoms with E-state index in [-0.39, 0.29) is 0 Å². The van der Waals surface area contributed by atoms with Crippen LogP contribution in [0.4, 0.5) is 0 Å². The second-order valence-electron chi connectivity index (χ2n) is 4.98. The molecule has 3 rings (SSSR count). The minimum Gasteiger partial charge on any atom is -0.380 e. The van der Waals surface area contributed by atoms with Gasteiger partial charge >= 0.3 is 0 Å². The summed E-state index contributed by atoms with van der Waals surface area (Å²) < 4.78 is 13.8. The van der Waals surface area contributed by atoms with Crippen LogP contribution in [0.2, 0.25) is 0 Å². The standard InChI is InChI=1S/C18H16NO2P/c20-18(15-11-13-19-14-12-15)22(21,16-7-3-1-4-8-16)17-9-5-2-6-10-17/h1-14,18,20H/t18-/m0/s1. The molecule has 0 spiro atoms. The second-order valence-corrected chi connectivity index (χ2v) is 7.82. The zero-order valence-corrected chi connectivity index (χ0v) is 12.8. The molecule has 0 amide bonds. The van der Waals surface area contributed by atoms with Gasteiger partial charge in [0, 0.05) is 23.0 Å². The van der Waals surface area contributed by atoms with E-state index in [4.69, 9.17) is 0 Å². The molecule has 0 saturated carbocycles. The lowest BCUT2D eigenvalue weighted by molar-refractivity contribution is 0.256. The fourth-order valence-electron chi connectivity index (χ4n) is 2.48. The number of hydrogen-bond acceptors (Lipinski definition) is 3. The molecule has 3 nitrogen and oxygen atoms in total. The Morgan fingerprint density at radius 1 is 0.773 bits per heavy atom. The quantitative estimate of drug-likeness (QED) is 0.754. The van der Waals surface area contributed by atoms with Gasteiger partial charge in [-0.2, -0.15) is 0 Å². The first-order chi connectivity index (χ1) is 10.7. The van der Waals surface area contributed by atoms with E-state index in [1.165, 1.54) is 0 Å². The smallest absolute Gasteiger partial charge is 0.174 e. The average molecular weight is 309 g/mol. The first-order valence-electron chi connectivity index (χ1n) is 7.02. The van der Waals surface area contributed by atoms with E-state index in [2.05, 4.69) is 4.98 Å². The molecule has 1 N–H and O–H groups in total. The topological polar surface area (TPSA) is 50.2 Å². The Labute approximate surface area is 129 Å². The van der Waals surface area contributed by atoms with E-state index in [0.717, 1.165) is 0 Å². The van der Waals surface area contributed by atoms with Gasteiger partial charge in [0.15, 0.2) is 7.14 Å². The van der Waals surface area contributed by atoms with Crippen LogP contribution in [0.3, 0.4) is 0 Å². The van der Waals surface area contributed by atoms with Gasteiger partial charge in [-0.1, -0.05) is 60.7 Å². The molecule has 0 aliphatic rings. The summed E-state index contributed by atoms with van der Waals surface area (Å²) in [4.78, 5) is 3.95. The van der Waals surface area contributed by atoms with Gasteiger partial charge in [0.05, 0.1) is 0 Å². The monoisotopic (exact) mass is 309 g/mol. The number of hydrogen-bond donors (Lipinski definition) is 1. The van der Waals surface area contributed by atoms with Crippen LogP contribution in [-0.4, -0.2) is 10.1 Å². The van der Waals surface area contributed by atoms with Crippen molar-refractivity contribution in [3.63, 3.8) is 0 Å². The predicted molar refractivity (Wildman–Crippen MR) is 89.0 cm³/mol. The molecule has 0 bridgehead atoms. The Hall–Kier alpha value is -2.22. The maximum absolute atomic E-state index is 13.8. The van der Waals surface area contributed by atoms with E-state index < -0.39 is 13.0 Å². The molecular weight excluding hydrogens is 293 g/mol. The number of pyridine rings is 1. The largest absolute Gasteiger partial charge is 0.380 e. The van der Waals surface area contributed by atoms with Gasteiger partial charge < -0.3 is 9.67 Å². The summed E-state index contributed by atoms with van der Waals surface area (Å²) in [6, 6.07) is 21.7. The van der Waals surface area contributed by atoms with Gasteiger partial charge in [0.25, 0.3) is 0 Å². The third kappa shape index (κ3) is 2.61. The van der Waals surface area contributed by atoms with E-state index in [1.54, 1.807) is 48.8 Å². The molecule has 22 heavy (non-hydrogen) atoms. The summed E-state index contributed by atoms with van der Waals surface area (Å²) in [6.07, 6.45) is 3.19. The first-order valence-corrected chi connectivity index (χ1v) is 8.79. The van der Waals surface area contributed by atoms with Crippen molar-refractivity contribution in [1.29, 1.82) is 0 Å². The number of aliphatic hydroxyl groups excluding tert-OH is 1. The van der Waals surface area contributed by atoms with Crippen LogP contribution in [0.25, 0.3) is 0 Å². The summed E-state index contributed by atoms with van der Waals surface area (Å²) in [7, 11) is -3.21. The fourth-order valence-corrected chi connectivity index (χ4v) is 5.16. The molecule has 0 unspecified atom stereocenters. The highest BCUT2D eigenvalue weighted by Crippen LogP contribution is 2.55. The van der Waals surface area contributed by atoms with Crippen LogP contribution in [0.5, 0.6) is 0 Å². The molecule has 0 radical (unpaired) electrons. The minimum atomic E-state index is -3.21. The highest BCUT2D eigenvalue weighted by molar-refractivity contribution is 7.78. The van der Waals surface area contributed by atoms with Crippen LogP contribution >= 0.6 is 7.14 Å². The number of benzene rings is 2. The van der Waals surface area contributed by atoms with Crippen LogP contribution in [0.1, 0.15) is 11.4 Å². The molecule has 0 aliphatic carbocycles. The lowest BCUT2D eigenvalue weighted by Gasteiger charge is -2.25. The van der Waals surface area contributed by atoms with Crippen molar-refractivity contribution in [3.05, 3.63) is 90.8 Å². The molecule has 3 aromatic rings. The molecule has 0 aliphatic heterocycles. The van der Waals surface area contributed by atoms with E-state index in [0.29, 0.717) is 16.2 Å². The van der Waals surface area contributed by atoms with Crippen LogP contribution < -0.4 is 10.6 Å². The lowest BCUT2D eigenvalue weighted by atomic mass is 10.3. The highest BCUT2D eigenvalue weighted by atomic mass is 31.2. The third-order valence-corrected chi connectivity index (χ3v) is 6.75. The molecule has 1 atom stereocenters. The van der Waals surface area contributed by atoms with Crippen molar-refractivity contribution in [2.45, 2.75) is 5.85 Å². The lowest BCUT2D eigenvalue weighted by Crippen LogP contribution is -2.21. The highest BCUT2D eigenvalue weighted by Gasteiger charge is 2.36. The van der Waals surface area contributed by atoms with E-state index in [9.17, 15) is 9.67 Å². The number of nitrogens with zero attached hydrogens (tertiary/aromatic N) is 1. The summed E-state index contributed by atoms with van der Waals surface area (Å²) in [5.74, 6) is -1.10. The molecule has 1 aromatic heterocycles. The van der Waals surface area contributed by atoms with Gasteiger partial charge in [-0.05, 0) is 17.7 Å². The Morgan fingerprint density at radius 2 is 1.23 bits per heavy atom. The Bertz CT molecular complexity index is 732. The Balaban J connectivity index is 2.18. The van der Waals surface area contributed by atoms with Crippen LogP contribution in [-0.2, 0) is 4.57 Å². The fraction of sp³-hybridized carbons (Fsp3) is 0.0556. The van der Waals surface area contributed by atoms with Crippen molar-refractivity contribution in [1.82, 2.24) is 4.98 Å². The average Bonchev–Trinajstić information content (AvgIpc) is 2.62. The molecule has 1 heterocycles. The summed E-state index contributed by atoms with van der Waals surface area (Å²) in [6.45, 7) is 0. The van der Waals surface area contributed by atoms with Crippen molar-refractivity contribution >= 4 is 17.8 Å². The maximum atomic E-state index is 13.8. The van der Waals surface area contributed by atoms with E-state index >= 15 is 0 Å². The minimum absolute atomic E-state index is 0.603. The predicted octanol–water partition coefficient (Wildman–Crippen LogP) is 3.09. The molecule has 0 saturated heterocycles. The molecule has 0 fully saturated rings.